The molecule has 0 saturated heterocycles. The molecule has 0 amide bonds. The molecule has 3 nitrogen and oxygen atoms in total. The highest BCUT2D eigenvalue weighted by Crippen LogP contribution is 2.28. The first kappa shape index (κ1) is 17.8. The van der Waals surface area contributed by atoms with E-state index in [0.29, 0.717) is 0 Å². The SMILES string of the molecule is CCc1ccc(OCCCCn2c(-c3cccs3)nc3ccccc32)cc1. The molecule has 2 aromatic carbocycles. The van der Waals surface area contributed by atoms with Gasteiger partial charge in [-0.05, 0) is 60.5 Å². The van der Waals surface area contributed by atoms with Crippen molar-refractivity contribution >= 4 is 22.4 Å². The van der Waals surface area contributed by atoms with Gasteiger partial charge in [0, 0.05) is 6.54 Å². The molecule has 0 aliphatic carbocycles. The number of para-hydroxylation sites is 2. The van der Waals surface area contributed by atoms with Crippen LogP contribution in [0.5, 0.6) is 5.75 Å². The Bertz CT molecular complexity index is 987. The fourth-order valence-corrected chi connectivity index (χ4v) is 4.00. The Hall–Kier alpha value is -2.59. The van der Waals surface area contributed by atoms with Gasteiger partial charge in [0.05, 0.1) is 22.5 Å². The highest BCUT2D eigenvalue weighted by molar-refractivity contribution is 7.13. The maximum absolute atomic E-state index is 5.89. The van der Waals surface area contributed by atoms with Crippen molar-refractivity contribution in [1.82, 2.24) is 9.55 Å². The monoisotopic (exact) mass is 376 g/mol. The summed E-state index contributed by atoms with van der Waals surface area (Å²) in [6.07, 6.45) is 3.14. The molecule has 4 aromatic rings. The number of hydrogen-bond donors (Lipinski definition) is 0. The Morgan fingerprint density at radius 3 is 2.59 bits per heavy atom. The second-order valence-corrected chi connectivity index (χ2v) is 7.55. The van der Waals surface area contributed by atoms with E-state index >= 15 is 0 Å². The second kappa shape index (κ2) is 8.40. The molecule has 0 aliphatic heterocycles. The van der Waals surface area contributed by atoms with Crippen molar-refractivity contribution in [3.8, 4) is 16.5 Å². The molecule has 0 unspecified atom stereocenters. The zero-order chi connectivity index (χ0) is 18.5. The summed E-state index contributed by atoms with van der Waals surface area (Å²) < 4.78 is 8.24. The van der Waals surface area contributed by atoms with E-state index in [-0.39, 0.29) is 0 Å². The van der Waals surface area contributed by atoms with Crippen LogP contribution in [0.15, 0.2) is 66.0 Å². The van der Waals surface area contributed by atoms with Crippen LogP contribution in [0.25, 0.3) is 21.7 Å². The molecule has 2 heterocycles. The summed E-state index contributed by atoms with van der Waals surface area (Å²) >= 11 is 1.74. The summed E-state index contributed by atoms with van der Waals surface area (Å²) in [5.41, 5.74) is 3.61. The molecule has 0 N–H and O–H groups in total. The summed E-state index contributed by atoms with van der Waals surface area (Å²) in [5, 5.41) is 2.11. The third kappa shape index (κ3) is 4.06. The number of aromatic nitrogens is 2. The minimum Gasteiger partial charge on any atom is -0.494 e. The van der Waals surface area contributed by atoms with Gasteiger partial charge in [-0.1, -0.05) is 37.3 Å². The fourth-order valence-electron chi connectivity index (χ4n) is 3.28. The van der Waals surface area contributed by atoms with Crippen molar-refractivity contribution in [3.63, 3.8) is 0 Å². The molecule has 0 radical (unpaired) electrons. The smallest absolute Gasteiger partial charge is 0.151 e. The van der Waals surface area contributed by atoms with E-state index < -0.39 is 0 Å². The van der Waals surface area contributed by atoms with Crippen LogP contribution in [-0.2, 0) is 13.0 Å². The predicted molar refractivity (Wildman–Crippen MR) is 114 cm³/mol. The zero-order valence-electron chi connectivity index (χ0n) is 15.6. The largest absolute Gasteiger partial charge is 0.494 e. The van der Waals surface area contributed by atoms with Crippen LogP contribution < -0.4 is 4.74 Å². The molecule has 27 heavy (non-hydrogen) atoms. The number of aryl methyl sites for hydroxylation is 2. The third-order valence-corrected chi connectivity index (χ3v) is 5.64. The number of nitrogens with zero attached hydrogens (tertiary/aromatic N) is 2. The number of hydrogen-bond acceptors (Lipinski definition) is 3. The van der Waals surface area contributed by atoms with E-state index in [2.05, 4.69) is 77.5 Å². The average Bonchev–Trinajstić information content (AvgIpc) is 3.36. The van der Waals surface area contributed by atoms with Gasteiger partial charge in [-0.3, -0.25) is 0 Å². The van der Waals surface area contributed by atoms with Crippen molar-refractivity contribution in [1.29, 1.82) is 0 Å². The molecule has 0 aliphatic rings. The van der Waals surface area contributed by atoms with E-state index in [1.54, 1.807) is 11.3 Å². The summed E-state index contributed by atoms with van der Waals surface area (Å²) in [5.74, 6) is 2.03. The van der Waals surface area contributed by atoms with Gasteiger partial charge in [0.2, 0.25) is 0 Å². The maximum atomic E-state index is 5.89. The van der Waals surface area contributed by atoms with Crippen LogP contribution in [-0.4, -0.2) is 16.2 Å². The lowest BCUT2D eigenvalue weighted by molar-refractivity contribution is 0.303. The maximum Gasteiger partial charge on any atom is 0.151 e. The van der Waals surface area contributed by atoms with Crippen molar-refractivity contribution in [2.24, 2.45) is 0 Å². The molecule has 2 aromatic heterocycles. The number of unbranched alkanes of at least 4 members (excludes halogenated alkanes) is 1. The Morgan fingerprint density at radius 1 is 0.963 bits per heavy atom. The van der Waals surface area contributed by atoms with E-state index in [1.165, 1.54) is 16.0 Å². The first-order valence-corrected chi connectivity index (χ1v) is 10.4. The number of rotatable bonds is 8. The van der Waals surface area contributed by atoms with Crippen molar-refractivity contribution in [3.05, 3.63) is 71.6 Å². The number of ether oxygens (including phenoxy) is 1. The number of thiophene rings is 1. The number of fused-ring (bicyclic) bond motifs is 1. The summed E-state index contributed by atoms with van der Waals surface area (Å²) in [6.45, 7) is 3.86. The van der Waals surface area contributed by atoms with Crippen LogP contribution in [0.2, 0.25) is 0 Å². The second-order valence-electron chi connectivity index (χ2n) is 6.61. The minimum atomic E-state index is 0.742. The van der Waals surface area contributed by atoms with E-state index in [4.69, 9.17) is 9.72 Å². The van der Waals surface area contributed by atoms with Crippen molar-refractivity contribution in [2.45, 2.75) is 32.7 Å². The summed E-state index contributed by atoms with van der Waals surface area (Å²) in [6, 6.07) is 21.0. The van der Waals surface area contributed by atoms with E-state index in [1.807, 2.05) is 0 Å². The van der Waals surface area contributed by atoms with Gasteiger partial charge in [0.1, 0.15) is 5.75 Å². The summed E-state index contributed by atoms with van der Waals surface area (Å²) in [7, 11) is 0. The number of benzene rings is 2. The van der Waals surface area contributed by atoms with Gasteiger partial charge in [0.15, 0.2) is 5.82 Å². The van der Waals surface area contributed by atoms with Crippen LogP contribution in [0.4, 0.5) is 0 Å². The Kier molecular flexibility index (Phi) is 5.54. The molecule has 4 rings (SSSR count). The van der Waals surface area contributed by atoms with Crippen LogP contribution >= 0.6 is 11.3 Å². The quantitative estimate of drug-likeness (QED) is 0.343. The van der Waals surface area contributed by atoms with E-state index in [9.17, 15) is 0 Å². The fraction of sp³-hybridized carbons (Fsp3) is 0.261. The molecular formula is C23H24N2OS. The lowest BCUT2D eigenvalue weighted by atomic mass is 10.2. The predicted octanol–water partition coefficient (Wildman–Crippen LogP) is 6.19. The van der Waals surface area contributed by atoms with Crippen LogP contribution in [0.1, 0.15) is 25.3 Å². The molecule has 4 heteroatoms. The Morgan fingerprint density at radius 2 is 1.81 bits per heavy atom. The molecule has 0 atom stereocenters. The topological polar surface area (TPSA) is 27.1 Å². The zero-order valence-corrected chi connectivity index (χ0v) is 16.4. The molecular weight excluding hydrogens is 352 g/mol. The Balaban J connectivity index is 1.39. The van der Waals surface area contributed by atoms with Gasteiger partial charge >= 0.3 is 0 Å². The molecule has 0 spiro atoms. The average molecular weight is 377 g/mol. The highest BCUT2D eigenvalue weighted by atomic mass is 32.1. The number of imidazole rings is 1. The molecule has 138 valence electrons. The highest BCUT2D eigenvalue weighted by Gasteiger charge is 2.12. The normalized spacial score (nSPS) is 11.1. The van der Waals surface area contributed by atoms with Gasteiger partial charge in [-0.15, -0.1) is 11.3 Å². The van der Waals surface area contributed by atoms with Gasteiger partial charge in [-0.2, -0.15) is 0 Å². The Labute approximate surface area is 164 Å². The minimum absolute atomic E-state index is 0.742. The van der Waals surface area contributed by atoms with Gasteiger partial charge < -0.3 is 9.30 Å². The standard InChI is InChI=1S/C23H24N2OS/c1-2-18-11-13-19(14-12-18)26-16-6-5-15-25-21-9-4-3-8-20(21)24-23(25)22-10-7-17-27-22/h3-4,7-14,17H,2,5-6,15-16H2,1H3. The molecule has 0 fully saturated rings. The van der Waals surface area contributed by atoms with Crippen molar-refractivity contribution in [2.75, 3.05) is 6.61 Å². The summed E-state index contributed by atoms with van der Waals surface area (Å²) in [4.78, 5) is 6.08. The first-order valence-electron chi connectivity index (χ1n) is 9.56. The lowest BCUT2D eigenvalue weighted by Crippen LogP contribution is -2.03. The first-order chi connectivity index (χ1) is 13.3. The van der Waals surface area contributed by atoms with Crippen molar-refractivity contribution < 1.29 is 4.74 Å². The lowest BCUT2D eigenvalue weighted by Gasteiger charge is -2.10. The van der Waals surface area contributed by atoms with Crippen LogP contribution in [0.3, 0.4) is 0 Å². The molecule has 0 saturated carbocycles. The van der Waals surface area contributed by atoms with Gasteiger partial charge in [0.25, 0.3) is 0 Å². The van der Waals surface area contributed by atoms with E-state index in [0.717, 1.165) is 49.5 Å². The van der Waals surface area contributed by atoms with Gasteiger partial charge in [-0.25, -0.2) is 4.98 Å². The molecule has 0 bridgehead atoms. The third-order valence-electron chi connectivity index (χ3n) is 4.77. The van der Waals surface area contributed by atoms with Crippen LogP contribution in [0, 0.1) is 0 Å².